The average molecular weight is 268 g/mol. The molecule has 0 bridgehead atoms. The number of carbonyl (C=O) groups is 1. The molecule has 5 heteroatoms. The predicted octanol–water partition coefficient (Wildman–Crippen LogP) is 0.688. The number of rotatable bonds is 4. The van der Waals surface area contributed by atoms with Gasteiger partial charge < -0.3 is 16.4 Å². The Morgan fingerprint density at radius 3 is 2.83 bits per heavy atom. The average Bonchev–Trinajstić information content (AvgIpc) is 2.79. The molecule has 0 radical (unpaired) electrons. The molecule has 2 rings (SSSR count). The number of nitrogens with one attached hydrogen (secondary N) is 2. The smallest absolute Gasteiger partial charge is 0.233 e. The summed E-state index contributed by atoms with van der Waals surface area (Å²) in [5.41, 5.74) is 6.53. The van der Waals surface area contributed by atoms with Gasteiger partial charge in [0.2, 0.25) is 5.91 Å². The Balaban J connectivity index is 1.82. The Morgan fingerprint density at radius 1 is 1.44 bits per heavy atom. The van der Waals surface area contributed by atoms with Crippen LogP contribution < -0.4 is 16.4 Å². The van der Waals surface area contributed by atoms with Crippen molar-refractivity contribution in [1.82, 2.24) is 10.6 Å². The fourth-order valence-electron chi connectivity index (χ4n) is 2.28. The molecular formula is C13H18ClN3O. The highest BCUT2D eigenvalue weighted by atomic mass is 35.5. The summed E-state index contributed by atoms with van der Waals surface area (Å²) in [6.45, 7) is 0.863. The molecule has 4 N–H and O–H groups in total. The predicted molar refractivity (Wildman–Crippen MR) is 72.5 cm³/mol. The molecule has 0 spiro atoms. The lowest BCUT2D eigenvalue weighted by atomic mass is 10.0. The Morgan fingerprint density at radius 2 is 2.17 bits per heavy atom. The zero-order valence-corrected chi connectivity index (χ0v) is 10.9. The standard InChI is InChI=1S/C13H18ClN3O/c14-10-3-1-9(2-4-10)5-11-6-12(8-16-11)17-13(18)7-15/h1-4,11-12,16H,5-8,15H2,(H,17,18). The van der Waals surface area contributed by atoms with Crippen LogP contribution in [-0.2, 0) is 11.2 Å². The van der Waals surface area contributed by atoms with Gasteiger partial charge in [-0.15, -0.1) is 0 Å². The van der Waals surface area contributed by atoms with Crippen molar-refractivity contribution < 1.29 is 4.79 Å². The molecule has 1 heterocycles. The second-order valence-electron chi connectivity index (χ2n) is 4.64. The Labute approximate surface area is 112 Å². The third-order valence-corrected chi connectivity index (χ3v) is 3.42. The van der Waals surface area contributed by atoms with E-state index in [4.69, 9.17) is 17.3 Å². The number of hydrogen-bond donors (Lipinski definition) is 3. The van der Waals surface area contributed by atoms with Gasteiger partial charge in [0.1, 0.15) is 0 Å². The van der Waals surface area contributed by atoms with Crippen molar-refractivity contribution in [1.29, 1.82) is 0 Å². The van der Waals surface area contributed by atoms with Crippen molar-refractivity contribution in [2.45, 2.75) is 24.9 Å². The normalized spacial score (nSPS) is 23.0. The summed E-state index contributed by atoms with van der Waals surface area (Å²) in [7, 11) is 0. The van der Waals surface area contributed by atoms with Gasteiger partial charge in [-0.3, -0.25) is 4.79 Å². The van der Waals surface area contributed by atoms with Crippen LogP contribution in [0.15, 0.2) is 24.3 Å². The first-order chi connectivity index (χ1) is 8.67. The summed E-state index contributed by atoms with van der Waals surface area (Å²) < 4.78 is 0. The van der Waals surface area contributed by atoms with E-state index in [1.165, 1.54) is 5.56 Å². The van der Waals surface area contributed by atoms with Crippen LogP contribution in [0.25, 0.3) is 0 Å². The van der Waals surface area contributed by atoms with Gasteiger partial charge in [-0.25, -0.2) is 0 Å². The van der Waals surface area contributed by atoms with E-state index in [2.05, 4.69) is 10.6 Å². The van der Waals surface area contributed by atoms with Gasteiger partial charge in [0, 0.05) is 23.7 Å². The maximum Gasteiger partial charge on any atom is 0.233 e. The lowest BCUT2D eigenvalue weighted by Gasteiger charge is -2.12. The molecule has 1 saturated heterocycles. The molecule has 18 heavy (non-hydrogen) atoms. The SMILES string of the molecule is NCC(=O)NC1CNC(Cc2ccc(Cl)cc2)C1. The van der Waals surface area contributed by atoms with Crippen LogP contribution in [0.2, 0.25) is 5.02 Å². The molecule has 1 amide bonds. The van der Waals surface area contributed by atoms with Crippen molar-refractivity contribution in [3.63, 3.8) is 0 Å². The van der Waals surface area contributed by atoms with E-state index in [1.54, 1.807) is 0 Å². The third-order valence-electron chi connectivity index (χ3n) is 3.17. The molecule has 0 aliphatic carbocycles. The molecule has 2 unspecified atom stereocenters. The van der Waals surface area contributed by atoms with Crippen LogP contribution in [0.5, 0.6) is 0 Å². The molecule has 1 aromatic rings. The monoisotopic (exact) mass is 267 g/mol. The highest BCUT2D eigenvalue weighted by Crippen LogP contribution is 2.15. The number of benzene rings is 1. The lowest BCUT2D eigenvalue weighted by molar-refractivity contribution is -0.120. The molecule has 1 aliphatic heterocycles. The quantitative estimate of drug-likeness (QED) is 0.752. The molecule has 0 saturated carbocycles. The molecule has 0 aromatic heterocycles. The van der Waals surface area contributed by atoms with Crippen molar-refractivity contribution in [3.05, 3.63) is 34.9 Å². The van der Waals surface area contributed by atoms with Crippen molar-refractivity contribution in [2.75, 3.05) is 13.1 Å². The second kappa shape index (κ2) is 6.18. The number of nitrogens with two attached hydrogens (primary N) is 1. The maximum atomic E-state index is 11.2. The number of amides is 1. The molecule has 2 atom stereocenters. The molecule has 1 fully saturated rings. The highest BCUT2D eigenvalue weighted by Gasteiger charge is 2.24. The molecule has 4 nitrogen and oxygen atoms in total. The van der Waals surface area contributed by atoms with Gasteiger partial charge in [-0.2, -0.15) is 0 Å². The first-order valence-corrected chi connectivity index (χ1v) is 6.52. The Kier molecular flexibility index (Phi) is 4.58. The van der Waals surface area contributed by atoms with E-state index in [-0.39, 0.29) is 18.5 Å². The zero-order valence-electron chi connectivity index (χ0n) is 10.2. The van der Waals surface area contributed by atoms with Gasteiger partial charge in [0.15, 0.2) is 0 Å². The zero-order chi connectivity index (χ0) is 13.0. The summed E-state index contributed by atoms with van der Waals surface area (Å²) in [6, 6.07) is 8.47. The molecule has 98 valence electrons. The van der Waals surface area contributed by atoms with E-state index >= 15 is 0 Å². The van der Waals surface area contributed by atoms with Gasteiger partial charge in [-0.05, 0) is 30.5 Å². The Hall–Kier alpha value is -1.10. The van der Waals surface area contributed by atoms with E-state index in [0.29, 0.717) is 6.04 Å². The largest absolute Gasteiger partial charge is 0.351 e. The number of halogens is 1. The Bertz CT molecular complexity index is 407. The number of hydrogen-bond acceptors (Lipinski definition) is 3. The first kappa shape index (κ1) is 13.3. The fraction of sp³-hybridized carbons (Fsp3) is 0.462. The fourth-order valence-corrected chi connectivity index (χ4v) is 2.40. The van der Waals surface area contributed by atoms with Crippen molar-refractivity contribution in [2.24, 2.45) is 5.73 Å². The van der Waals surface area contributed by atoms with E-state index in [1.807, 2.05) is 24.3 Å². The minimum Gasteiger partial charge on any atom is -0.351 e. The summed E-state index contributed by atoms with van der Waals surface area (Å²) >= 11 is 5.85. The highest BCUT2D eigenvalue weighted by molar-refractivity contribution is 6.30. The molecule has 1 aliphatic rings. The van der Waals surface area contributed by atoms with Crippen molar-refractivity contribution >= 4 is 17.5 Å². The van der Waals surface area contributed by atoms with Crippen LogP contribution in [0.4, 0.5) is 0 Å². The second-order valence-corrected chi connectivity index (χ2v) is 5.08. The van der Waals surface area contributed by atoms with Crippen LogP contribution in [0.3, 0.4) is 0 Å². The topological polar surface area (TPSA) is 67.2 Å². The summed E-state index contributed by atoms with van der Waals surface area (Å²) in [6.07, 6.45) is 1.89. The maximum absolute atomic E-state index is 11.2. The molecule has 1 aromatic carbocycles. The van der Waals surface area contributed by atoms with Gasteiger partial charge >= 0.3 is 0 Å². The summed E-state index contributed by atoms with van der Waals surface area (Å²) in [5.74, 6) is -0.0889. The van der Waals surface area contributed by atoms with Crippen molar-refractivity contribution in [3.8, 4) is 0 Å². The van der Waals surface area contributed by atoms with Gasteiger partial charge in [0.25, 0.3) is 0 Å². The third kappa shape index (κ3) is 3.70. The van der Waals surface area contributed by atoms with Crippen LogP contribution in [0, 0.1) is 0 Å². The van der Waals surface area contributed by atoms with E-state index in [9.17, 15) is 4.79 Å². The minimum absolute atomic E-state index is 0.0539. The van der Waals surface area contributed by atoms with E-state index in [0.717, 1.165) is 24.4 Å². The number of carbonyl (C=O) groups excluding carboxylic acids is 1. The van der Waals surface area contributed by atoms with Crippen LogP contribution >= 0.6 is 11.6 Å². The first-order valence-electron chi connectivity index (χ1n) is 6.14. The summed E-state index contributed by atoms with van der Waals surface area (Å²) in [4.78, 5) is 11.2. The van der Waals surface area contributed by atoms with E-state index < -0.39 is 0 Å². The van der Waals surface area contributed by atoms with Crippen LogP contribution in [-0.4, -0.2) is 31.1 Å². The van der Waals surface area contributed by atoms with Crippen LogP contribution in [0.1, 0.15) is 12.0 Å². The molecular weight excluding hydrogens is 250 g/mol. The van der Waals surface area contributed by atoms with Gasteiger partial charge in [0.05, 0.1) is 6.54 Å². The summed E-state index contributed by atoms with van der Waals surface area (Å²) in [5, 5.41) is 7.07. The lowest BCUT2D eigenvalue weighted by Crippen LogP contribution is -2.39. The van der Waals surface area contributed by atoms with Gasteiger partial charge in [-0.1, -0.05) is 23.7 Å². The minimum atomic E-state index is -0.0889.